The highest BCUT2D eigenvalue weighted by Gasteiger charge is 2.32. The van der Waals surface area contributed by atoms with Gasteiger partial charge in [0, 0.05) is 32.1 Å². The molecule has 0 saturated carbocycles. The molecule has 1 aromatic carbocycles. The van der Waals surface area contributed by atoms with Gasteiger partial charge < -0.3 is 10.4 Å². The Hall–Kier alpha value is -3.49. The van der Waals surface area contributed by atoms with Gasteiger partial charge in [-0.3, -0.25) is 23.9 Å². The molecule has 0 bridgehead atoms. The van der Waals surface area contributed by atoms with Gasteiger partial charge in [0.1, 0.15) is 27.6 Å². The first-order valence-electron chi connectivity index (χ1n) is 10.2. The Bertz CT molecular complexity index is 1300. The standard InChI is InChI=1S/C23H21FN4O4S2/c1-13-16(10-18-22(32)28(23(33)34-18)9-3-4-19(29)30)20(27(2)21(31)17(13)11-25)26-12-14-5-7-15(24)8-6-14/h5-8,10,26H,3-4,9,12H2,1-2H3,(H,29,30)/b18-10+. The Labute approximate surface area is 204 Å². The van der Waals surface area contributed by atoms with Gasteiger partial charge in [-0.15, -0.1) is 0 Å². The molecule has 1 amide bonds. The topological polar surface area (TPSA) is 115 Å². The highest BCUT2D eigenvalue weighted by molar-refractivity contribution is 8.26. The summed E-state index contributed by atoms with van der Waals surface area (Å²) >= 11 is 6.38. The number of halogens is 1. The monoisotopic (exact) mass is 500 g/mol. The smallest absolute Gasteiger partial charge is 0.303 e. The van der Waals surface area contributed by atoms with Crippen molar-refractivity contribution in [1.29, 1.82) is 5.26 Å². The van der Waals surface area contributed by atoms with E-state index in [1.807, 2.05) is 6.07 Å². The van der Waals surface area contributed by atoms with Gasteiger partial charge in [0.2, 0.25) is 0 Å². The van der Waals surface area contributed by atoms with Gasteiger partial charge in [0.05, 0.1) is 4.91 Å². The molecule has 1 fully saturated rings. The van der Waals surface area contributed by atoms with Crippen LogP contribution in [-0.4, -0.2) is 37.3 Å². The number of aromatic nitrogens is 1. The van der Waals surface area contributed by atoms with Gasteiger partial charge in [0.25, 0.3) is 11.5 Å². The minimum Gasteiger partial charge on any atom is -0.481 e. The molecule has 11 heteroatoms. The molecule has 8 nitrogen and oxygen atoms in total. The minimum atomic E-state index is -0.956. The van der Waals surface area contributed by atoms with Gasteiger partial charge in [-0.25, -0.2) is 4.39 Å². The van der Waals surface area contributed by atoms with Crippen molar-refractivity contribution in [2.24, 2.45) is 7.05 Å². The lowest BCUT2D eigenvalue weighted by molar-refractivity contribution is -0.137. The maximum absolute atomic E-state index is 13.2. The summed E-state index contributed by atoms with van der Waals surface area (Å²) in [5.74, 6) is -1.29. The second kappa shape index (κ2) is 10.6. The van der Waals surface area contributed by atoms with Gasteiger partial charge in [-0.1, -0.05) is 36.1 Å². The van der Waals surface area contributed by atoms with Gasteiger partial charge in [-0.2, -0.15) is 5.26 Å². The zero-order valence-electron chi connectivity index (χ0n) is 18.4. The van der Waals surface area contributed by atoms with Crippen LogP contribution in [0.4, 0.5) is 10.2 Å². The van der Waals surface area contributed by atoms with E-state index in [-0.39, 0.29) is 43.2 Å². The van der Waals surface area contributed by atoms with Crippen LogP contribution in [0.5, 0.6) is 0 Å². The van der Waals surface area contributed by atoms with Crippen molar-refractivity contribution >= 4 is 52.1 Å². The first-order chi connectivity index (χ1) is 16.1. The molecule has 2 heterocycles. The van der Waals surface area contributed by atoms with E-state index >= 15 is 0 Å². The summed E-state index contributed by atoms with van der Waals surface area (Å²) in [4.78, 5) is 38.1. The van der Waals surface area contributed by atoms with Crippen LogP contribution in [-0.2, 0) is 23.2 Å². The summed E-state index contributed by atoms with van der Waals surface area (Å²) in [6.07, 6.45) is 1.76. The molecule has 0 radical (unpaired) electrons. The highest BCUT2D eigenvalue weighted by Crippen LogP contribution is 2.35. The van der Waals surface area contributed by atoms with Crippen molar-refractivity contribution in [3.8, 4) is 6.07 Å². The number of nitrogens with zero attached hydrogens (tertiary/aromatic N) is 3. The number of thiocarbonyl (C=S) groups is 1. The number of pyridine rings is 1. The third-order valence-corrected chi connectivity index (χ3v) is 6.67. The summed E-state index contributed by atoms with van der Waals surface area (Å²) in [6.45, 7) is 2.08. The van der Waals surface area contributed by atoms with Gasteiger partial charge in [-0.05, 0) is 42.7 Å². The summed E-state index contributed by atoms with van der Waals surface area (Å²) in [5.41, 5.74) is 1.12. The third kappa shape index (κ3) is 5.35. The van der Waals surface area contributed by atoms with Crippen LogP contribution in [0.2, 0.25) is 0 Å². The van der Waals surface area contributed by atoms with E-state index in [1.54, 1.807) is 25.1 Å². The van der Waals surface area contributed by atoms with E-state index in [0.717, 1.165) is 17.3 Å². The quantitative estimate of drug-likeness (QED) is 0.419. The second-order valence-corrected chi connectivity index (χ2v) is 9.22. The third-order valence-electron chi connectivity index (χ3n) is 5.29. The van der Waals surface area contributed by atoms with Crippen molar-refractivity contribution in [2.75, 3.05) is 11.9 Å². The lowest BCUT2D eigenvalue weighted by Crippen LogP contribution is -2.29. The van der Waals surface area contributed by atoms with Crippen LogP contribution in [0.3, 0.4) is 0 Å². The molecular formula is C23H21FN4O4S2. The number of hydrogen-bond donors (Lipinski definition) is 2. The Balaban J connectivity index is 1.99. The molecular weight excluding hydrogens is 479 g/mol. The van der Waals surface area contributed by atoms with Crippen LogP contribution in [0, 0.1) is 24.1 Å². The number of aliphatic carboxylic acids is 1. The summed E-state index contributed by atoms with van der Waals surface area (Å²) < 4.78 is 14.8. The summed E-state index contributed by atoms with van der Waals surface area (Å²) in [5, 5.41) is 21.5. The van der Waals surface area contributed by atoms with Gasteiger partial charge >= 0.3 is 5.97 Å². The zero-order valence-corrected chi connectivity index (χ0v) is 20.1. The van der Waals surface area contributed by atoms with E-state index < -0.39 is 11.5 Å². The first kappa shape index (κ1) is 25.1. The molecule has 0 unspecified atom stereocenters. The average molecular weight is 501 g/mol. The van der Waals surface area contributed by atoms with Crippen molar-refractivity contribution in [3.05, 3.63) is 67.6 Å². The van der Waals surface area contributed by atoms with E-state index in [2.05, 4.69) is 5.32 Å². The number of anilines is 1. The molecule has 1 aliphatic heterocycles. The highest BCUT2D eigenvalue weighted by atomic mass is 32.2. The normalized spacial score (nSPS) is 14.5. The number of nitrogens with one attached hydrogen (secondary N) is 1. The number of hydrogen-bond acceptors (Lipinski definition) is 7. The SMILES string of the molecule is Cc1c(/C=C2/SC(=S)N(CCCC(=O)O)C2=O)c(NCc2ccc(F)cc2)n(C)c(=O)c1C#N. The minimum absolute atomic E-state index is 0.0435. The molecule has 2 N–H and O–H groups in total. The Morgan fingerprint density at radius 2 is 2.00 bits per heavy atom. The number of amides is 1. The number of carboxylic acid groups (broad SMARTS) is 1. The molecule has 0 spiro atoms. The van der Waals surface area contributed by atoms with Gasteiger partial charge in [0.15, 0.2) is 0 Å². The number of carboxylic acids is 1. The van der Waals surface area contributed by atoms with Crippen molar-refractivity contribution in [3.63, 3.8) is 0 Å². The predicted octanol–water partition coefficient (Wildman–Crippen LogP) is 3.38. The van der Waals surface area contributed by atoms with Crippen molar-refractivity contribution in [2.45, 2.75) is 26.3 Å². The second-order valence-electron chi connectivity index (χ2n) is 7.55. The Kier molecular flexibility index (Phi) is 7.86. The molecule has 1 aromatic heterocycles. The van der Waals surface area contributed by atoms with Crippen molar-refractivity contribution in [1.82, 2.24) is 9.47 Å². The lowest BCUT2D eigenvalue weighted by atomic mass is 10.0. The maximum atomic E-state index is 13.2. The molecule has 2 aromatic rings. The van der Waals surface area contributed by atoms with E-state index in [4.69, 9.17) is 17.3 Å². The van der Waals surface area contributed by atoms with Crippen LogP contribution in [0.1, 0.15) is 35.1 Å². The van der Waals surface area contributed by atoms with E-state index in [1.165, 1.54) is 28.6 Å². The zero-order chi connectivity index (χ0) is 25.0. The molecule has 1 saturated heterocycles. The number of carbonyl (C=O) groups is 2. The first-order valence-corrected chi connectivity index (χ1v) is 11.5. The number of nitriles is 1. The molecule has 0 aliphatic carbocycles. The number of benzene rings is 1. The maximum Gasteiger partial charge on any atom is 0.303 e. The number of carbonyl (C=O) groups excluding carboxylic acids is 1. The van der Waals surface area contributed by atoms with Crippen LogP contribution >= 0.6 is 24.0 Å². The predicted molar refractivity (Wildman–Crippen MR) is 132 cm³/mol. The lowest BCUT2D eigenvalue weighted by Gasteiger charge is -2.18. The molecule has 34 heavy (non-hydrogen) atoms. The van der Waals surface area contributed by atoms with E-state index in [9.17, 15) is 24.0 Å². The number of rotatable bonds is 8. The summed E-state index contributed by atoms with van der Waals surface area (Å²) in [6, 6.07) is 7.81. The van der Waals surface area contributed by atoms with Crippen LogP contribution < -0.4 is 10.9 Å². The molecule has 0 atom stereocenters. The Morgan fingerprint density at radius 1 is 1.32 bits per heavy atom. The fraction of sp³-hybridized carbons (Fsp3) is 0.261. The van der Waals surface area contributed by atoms with E-state index in [0.29, 0.717) is 26.2 Å². The average Bonchev–Trinajstić information content (AvgIpc) is 3.06. The fourth-order valence-corrected chi connectivity index (χ4v) is 4.74. The van der Waals surface area contributed by atoms with Crippen LogP contribution in [0.25, 0.3) is 6.08 Å². The molecule has 3 rings (SSSR count). The Morgan fingerprint density at radius 3 is 2.62 bits per heavy atom. The van der Waals surface area contributed by atoms with Crippen molar-refractivity contribution < 1.29 is 19.1 Å². The largest absolute Gasteiger partial charge is 0.481 e. The number of thioether (sulfide) groups is 1. The van der Waals surface area contributed by atoms with Crippen LogP contribution in [0.15, 0.2) is 34.0 Å². The molecule has 176 valence electrons. The molecule has 1 aliphatic rings. The summed E-state index contributed by atoms with van der Waals surface area (Å²) in [7, 11) is 1.52. The fourth-order valence-electron chi connectivity index (χ4n) is 3.45.